The Morgan fingerprint density at radius 1 is 1.14 bits per heavy atom. The van der Waals surface area contributed by atoms with E-state index in [0.29, 0.717) is 13.0 Å². The molecule has 0 bridgehead atoms. The van der Waals surface area contributed by atoms with Gasteiger partial charge in [0, 0.05) is 19.0 Å². The summed E-state index contributed by atoms with van der Waals surface area (Å²) in [6, 6.07) is -3.83. The predicted molar refractivity (Wildman–Crippen MR) is 118 cm³/mol. The number of hydrogen-bond acceptors (Lipinski definition) is 5. The van der Waals surface area contributed by atoms with Gasteiger partial charge in [-0.15, -0.1) is 0 Å². The molecule has 2 rings (SSSR count). The monoisotopic (exact) mass is 505 g/mol. The number of nitrogens with one attached hydrogen (secondary N) is 3. The highest BCUT2D eigenvalue weighted by Crippen LogP contribution is 2.33. The topological polar surface area (TPSA) is 151 Å². The number of hydrogen-bond donors (Lipinski definition) is 4. The lowest BCUT2D eigenvalue weighted by Crippen LogP contribution is -2.60. The van der Waals surface area contributed by atoms with E-state index in [1.807, 2.05) is 0 Å². The Morgan fingerprint density at radius 2 is 1.74 bits per heavy atom. The SMILES string of the molecule is C[C@@H]1C(C(=O)N[C@@H](C[C@@H]2CCNC2=O)C(N)=O)N(C(=O)[C@@H](NC(=O)C(F)(F)F)C(C)(C)C)C[C@@H]1C. The van der Waals surface area contributed by atoms with Crippen molar-refractivity contribution in [3.05, 3.63) is 0 Å². The fraction of sp³-hybridized carbons (Fsp3) is 0.773. The van der Waals surface area contributed by atoms with Crippen molar-refractivity contribution in [1.82, 2.24) is 20.9 Å². The number of carbonyl (C=O) groups excluding carboxylic acids is 5. The highest BCUT2D eigenvalue weighted by Gasteiger charge is 2.50. The van der Waals surface area contributed by atoms with Gasteiger partial charge in [0.05, 0.1) is 0 Å². The average Bonchev–Trinajstić information content (AvgIpc) is 3.25. The number of nitrogens with two attached hydrogens (primary N) is 1. The van der Waals surface area contributed by atoms with Crippen LogP contribution in [0.4, 0.5) is 13.2 Å². The molecule has 1 unspecified atom stereocenters. The first kappa shape index (κ1) is 28.4. The molecule has 5 N–H and O–H groups in total. The third kappa shape index (κ3) is 6.63. The smallest absolute Gasteiger partial charge is 0.368 e. The first-order valence-corrected chi connectivity index (χ1v) is 11.5. The van der Waals surface area contributed by atoms with Crippen LogP contribution < -0.4 is 21.7 Å². The normalized spacial score (nSPS) is 26.6. The van der Waals surface area contributed by atoms with Crippen molar-refractivity contribution in [3.63, 3.8) is 0 Å². The summed E-state index contributed by atoms with van der Waals surface area (Å²) < 4.78 is 38.7. The van der Waals surface area contributed by atoms with E-state index in [2.05, 4.69) is 10.6 Å². The summed E-state index contributed by atoms with van der Waals surface area (Å²) in [5, 5.41) is 6.94. The van der Waals surface area contributed by atoms with Crippen LogP contribution in [0.5, 0.6) is 0 Å². The zero-order valence-corrected chi connectivity index (χ0v) is 20.5. The Balaban J connectivity index is 2.27. The van der Waals surface area contributed by atoms with Gasteiger partial charge in [-0.25, -0.2) is 0 Å². The van der Waals surface area contributed by atoms with Gasteiger partial charge in [0.25, 0.3) is 0 Å². The molecule has 5 amide bonds. The van der Waals surface area contributed by atoms with Crippen LogP contribution in [-0.2, 0) is 24.0 Å². The van der Waals surface area contributed by atoms with Gasteiger partial charge in [-0.2, -0.15) is 13.2 Å². The van der Waals surface area contributed by atoms with Crippen molar-refractivity contribution in [2.45, 2.75) is 71.8 Å². The van der Waals surface area contributed by atoms with Gasteiger partial charge in [0.2, 0.25) is 23.6 Å². The van der Waals surface area contributed by atoms with Gasteiger partial charge in [-0.3, -0.25) is 24.0 Å². The highest BCUT2D eigenvalue weighted by atomic mass is 19.4. The zero-order chi connectivity index (χ0) is 26.9. The second kappa shape index (κ2) is 10.4. The van der Waals surface area contributed by atoms with Crippen LogP contribution in [-0.4, -0.2) is 71.8 Å². The van der Waals surface area contributed by atoms with Gasteiger partial charge < -0.3 is 26.6 Å². The van der Waals surface area contributed by atoms with Crippen molar-refractivity contribution in [2.75, 3.05) is 13.1 Å². The van der Waals surface area contributed by atoms with E-state index in [1.54, 1.807) is 19.2 Å². The third-order valence-corrected chi connectivity index (χ3v) is 6.76. The fourth-order valence-electron chi connectivity index (χ4n) is 4.48. The van der Waals surface area contributed by atoms with E-state index in [4.69, 9.17) is 5.73 Å². The van der Waals surface area contributed by atoms with Gasteiger partial charge >= 0.3 is 12.1 Å². The Morgan fingerprint density at radius 3 is 2.20 bits per heavy atom. The van der Waals surface area contributed by atoms with Crippen molar-refractivity contribution in [3.8, 4) is 0 Å². The summed E-state index contributed by atoms with van der Waals surface area (Å²) >= 11 is 0. The van der Waals surface area contributed by atoms with Crippen molar-refractivity contribution in [2.24, 2.45) is 28.9 Å². The minimum Gasteiger partial charge on any atom is -0.368 e. The lowest BCUT2D eigenvalue weighted by atomic mass is 9.85. The minimum absolute atomic E-state index is 0.0102. The molecule has 0 saturated carbocycles. The van der Waals surface area contributed by atoms with E-state index in [9.17, 15) is 37.1 Å². The van der Waals surface area contributed by atoms with Gasteiger partial charge in [0.1, 0.15) is 18.1 Å². The summed E-state index contributed by atoms with van der Waals surface area (Å²) in [5.41, 5.74) is 4.35. The van der Waals surface area contributed by atoms with Crippen LogP contribution in [0.3, 0.4) is 0 Å². The standard InChI is InChI=1S/C22H34F3N5O5/c1-10-9-30(19(34)15(21(3,4)5)29-20(35)22(23,24)25)14(11(10)2)18(33)28-13(16(26)31)8-12-6-7-27-17(12)32/h10-15H,6-9H2,1-5H3,(H2,26,31)(H,27,32)(H,28,33)(H,29,35)/t10-,11-,12-,13-,14?,15+/m0/s1. The summed E-state index contributed by atoms with van der Waals surface area (Å²) in [6.07, 6.45) is -4.72. The van der Waals surface area contributed by atoms with Crippen LogP contribution in [0, 0.1) is 23.2 Å². The Kier molecular flexibility index (Phi) is 8.44. The van der Waals surface area contributed by atoms with Crippen molar-refractivity contribution >= 4 is 29.5 Å². The van der Waals surface area contributed by atoms with Gasteiger partial charge in [-0.05, 0) is 30.1 Å². The predicted octanol–water partition coefficient (Wildman–Crippen LogP) is 0.0589. The Bertz CT molecular complexity index is 873. The molecule has 0 aromatic rings. The molecule has 198 valence electrons. The van der Waals surface area contributed by atoms with E-state index >= 15 is 0 Å². The number of halogens is 3. The third-order valence-electron chi connectivity index (χ3n) is 6.76. The van der Waals surface area contributed by atoms with Crippen LogP contribution in [0.25, 0.3) is 0 Å². The van der Waals surface area contributed by atoms with Crippen LogP contribution >= 0.6 is 0 Å². The minimum atomic E-state index is -5.19. The number of likely N-dealkylation sites (tertiary alicyclic amines) is 1. The summed E-state index contributed by atoms with van der Waals surface area (Å²) in [7, 11) is 0. The quantitative estimate of drug-likeness (QED) is 0.386. The largest absolute Gasteiger partial charge is 0.471 e. The van der Waals surface area contributed by atoms with Crippen molar-refractivity contribution < 1.29 is 37.1 Å². The maximum Gasteiger partial charge on any atom is 0.471 e. The van der Waals surface area contributed by atoms with E-state index in [-0.39, 0.29) is 24.8 Å². The number of amides is 5. The van der Waals surface area contributed by atoms with Crippen LogP contribution in [0.15, 0.2) is 0 Å². The summed E-state index contributed by atoms with van der Waals surface area (Å²) in [4.78, 5) is 63.4. The average molecular weight is 506 g/mol. The molecule has 10 nitrogen and oxygen atoms in total. The summed E-state index contributed by atoms with van der Waals surface area (Å²) in [5.74, 6) is -5.99. The molecule has 6 atom stereocenters. The number of alkyl halides is 3. The number of nitrogens with zero attached hydrogens (tertiary/aromatic N) is 1. The number of rotatable bonds is 7. The number of carbonyl (C=O) groups is 5. The zero-order valence-electron chi connectivity index (χ0n) is 20.5. The molecular weight excluding hydrogens is 471 g/mol. The Hall–Kier alpha value is -2.86. The molecule has 2 saturated heterocycles. The molecule has 13 heteroatoms. The second-order valence-corrected chi connectivity index (χ2v) is 10.5. The molecule has 0 aromatic carbocycles. The molecule has 0 radical (unpaired) electrons. The molecule has 2 aliphatic heterocycles. The molecule has 0 aliphatic carbocycles. The number of primary amides is 1. The first-order chi connectivity index (χ1) is 15.9. The molecule has 0 aromatic heterocycles. The second-order valence-electron chi connectivity index (χ2n) is 10.5. The van der Waals surface area contributed by atoms with Crippen molar-refractivity contribution in [1.29, 1.82) is 0 Å². The first-order valence-electron chi connectivity index (χ1n) is 11.5. The Labute approximate surface area is 201 Å². The van der Waals surface area contributed by atoms with E-state index < -0.39 is 65.2 Å². The molecular formula is C22H34F3N5O5. The lowest BCUT2D eigenvalue weighted by Gasteiger charge is -2.36. The fourth-order valence-corrected chi connectivity index (χ4v) is 4.48. The maximum absolute atomic E-state index is 13.4. The summed E-state index contributed by atoms with van der Waals surface area (Å²) in [6.45, 7) is 8.51. The van der Waals surface area contributed by atoms with Crippen LogP contribution in [0.1, 0.15) is 47.5 Å². The lowest BCUT2D eigenvalue weighted by molar-refractivity contribution is -0.176. The molecule has 2 heterocycles. The molecule has 0 spiro atoms. The molecule has 2 fully saturated rings. The molecule has 35 heavy (non-hydrogen) atoms. The highest BCUT2D eigenvalue weighted by molar-refractivity contribution is 5.95. The molecule has 2 aliphatic rings. The van der Waals surface area contributed by atoms with Crippen LogP contribution in [0.2, 0.25) is 0 Å². The van der Waals surface area contributed by atoms with E-state index in [1.165, 1.54) is 20.8 Å². The van der Waals surface area contributed by atoms with E-state index in [0.717, 1.165) is 4.90 Å². The van der Waals surface area contributed by atoms with Gasteiger partial charge in [0.15, 0.2) is 0 Å². The van der Waals surface area contributed by atoms with Gasteiger partial charge in [-0.1, -0.05) is 34.6 Å². The maximum atomic E-state index is 13.4.